The summed E-state index contributed by atoms with van der Waals surface area (Å²) in [6.07, 6.45) is 0. The van der Waals surface area contributed by atoms with E-state index in [1.54, 1.807) is 0 Å². The van der Waals surface area contributed by atoms with Crippen molar-refractivity contribution in [2.75, 3.05) is 0 Å². The second kappa shape index (κ2) is 12.4. The fourth-order valence-electron chi connectivity index (χ4n) is 9.61. The Morgan fingerprint density at radius 1 is 0.291 bits per heavy atom. The molecular weight excluding hydrogens is 655 g/mol. The minimum atomic E-state index is 0.926. The molecule has 1 nitrogen and oxygen atoms in total. The third kappa shape index (κ3) is 4.91. The van der Waals surface area contributed by atoms with Gasteiger partial charge in [-0.2, -0.15) is 0 Å². The van der Waals surface area contributed by atoms with Gasteiger partial charge in [0.1, 0.15) is 73.9 Å². The molecule has 10 aromatic rings. The summed E-state index contributed by atoms with van der Waals surface area (Å²) in [7, 11) is 18.6. The summed E-state index contributed by atoms with van der Waals surface area (Å²) in [4.78, 5) is 0. The first-order valence-corrected chi connectivity index (χ1v) is 19.5. The number of hydrogen-bond donors (Lipinski definition) is 0. The number of hydrogen-bond acceptors (Lipinski definition) is 1. The summed E-state index contributed by atoms with van der Waals surface area (Å²) in [5.74, 6) is 0. The van der Waals surface area contributed by atoms with Crippen molar-refractivity contribution in [3.05, 3.63) is 121 Å². The van der Waals surface area contributed by atoms with E-state index in [1.807, 2.05) is 0 Å². The Balaban J connectivity index is 1.28. The Morgan fingerprint density at radius 3 is 1.38 bits per heavy atom. The van der Waals surface area contributed by atoms with Crippen molar-refractivity contribution >= 4 is 172 Å². The van der Waals surface area contributed by atoms with Gasteiger partial charge in [0.05, 0.1) is 0 Å². The van der Waals surface area contributed by atoms with Crippen molar-refractivity contribution in [2.45, 2.75) is 0 Å². The summed E-state index contributed by atoms with van der Waals surface area (Å²) in [5, 5.41) is 12.9. The van der Waals surface area contributed by atoms with Gasteiger partial charge in [0.2, 0.25) is 0 Å². The predicted molar refractivity (Wildman–Crippen MR) is 265 cm³/mol. The summed E-state index contributed by atoms with van der Waals surface area (Å²) in [6.45, 7) is 0. The first-order chi connectivity index (χ1) is 26.6. The monoisotopic (exact) mass is 692 g/mol. The fraction of sp³-hybridized carbons (Fsp3) is 0. The van der Waals surface area contributed by atoms with Crippen LogP contribution in [0.25, 0.3) is 98.4 Å². The molecule has 0 unspecified atom stereocenters. The molecule has 0 aliphatic rings. The number of fused-ring (bicyclic) bond motifs is 8. The quantitative estimate of drug-likeness (QED) is 0.136. The first-order valence-electron chi connectivity index (χ1n) is 19.5. The van der Waals surface area contributed by atoms with Crippen LogP contribution in [-0.2, 0) is 0 Å². The van der Waals surface area contributed by atoms with Crippen LogP contribution >= 0.6 is 0 Å². The molecular formula is C46H36B8O. The maximum atomic E-state index is 6.33. The van der Waals surface area contributed by atoms with Crippen molar-refractivity contribution in [1.82, 2.24) is 0 Å². The van der Waals surface area contributed by atoms with Crippen molar-refractivity contribution in [3.63, 3.8) is 0 Å². The fourth-order valence-corrected chi connectivity index (χ4v) is 9.61. The molecule has 0 aliphatic heterocycles. The van der Waals surface area contributed by atoms with Gasteiger partial charge in [0.25, 0.3) is 0 Å². The van der Waals surface area contributed by atoms with Gasteiger partial charge >= 0.3 is 0 Å². The maximum Gasteiger partial charge on any atom is 0.139 e. The molecule has 0 fully saturated rings. The summed E-state index contributed by atoms with van der Waals surface area (Å²) in [5.41, 5.74) is 20.3. The van der Waals surface area contributed by atoms with Gasteiger partial charge in [0.15, 0.2) is 0 Å². The average molecular weight is 691 g/mol. The van der Waals surface area contributed by atoms with Crippen molar-refractivity contribution in [2.24, 2.45) is 0 Å². The van der Waals surface area contributed by atoms with Gasteiger partial charge in [-0.15, -0.1) is 21.9 Å². The SMILES string of the molecule is Bc1c(B)c(B)c2c(-c3ccc4oc5ccccc5c4c3)c3c(B)c(B)c(B)c(B)c3c(-c3ccc(-c4ccc5c(ccc6ccccc65)c4)cc3)c2c1B. The number of furan rings is 1. The van der Waals surface area contributed by atoms with Gasteiger partial charge in [0, 0.05) is 10.8 Å². The van der Waals surface area contributed by atoms with E-state index in [-0.39, 0.29) is 0 Å². The lowest BCUT2D eigenvalue weighted by atomic mass is 9.59. The summed E-state index contributed by atoms with van der Waals surface area (Å²) >= 11 is 0. The van der Waals surface area contributed by atoms with E-state index in [9.17, 15) is 0 Å². The Labute approximate surface area is 329 Å². The zero-order valence-electron chi connectivity index (χ0n) is 33.0. The second-order valence-corrected chi connectivity index (χ2v) is 15.9. The molecule has 55 heavy (non-hydrogen) atoms. The molecule has 0 spiro atoms. The van der Waals surface area contributed by atoms with Crippen LogP contribution in [0.3, 0.4) is 0 Å². The van der Waals surface area contributed by atoms with Crippen molar-refractivity contribution < 1.29 is 4.42 Å². The lowest BCUT2D eigenvalue weighted by Gasteiger charge is -2.28. The van der Waals surface area contributed by atoms with Gasteiger partial charge < -0.3 is 4.42 Å². The molecule has 9 aromatic carbocycles. The van der Waals surface area contributed by atoms with Crippen LogP contribution in [0.5, 0.6) is 0 Å². The minimum absolute atomic E-state index is 0.926. The second-order valence-electron chi connectivity index (χ2n) is 15.9. The summed E-state index contributed by atoms with van der Waals surface area (Å²) < 4.78 is 6.33. The lowest BCUT2D eigenvalue weighted by Crippen LogP contribution is -2.50. The predicted octanol–water partition coefficient (Wildman–Crippen LogP) is -0.733. The highest BCUT2D eigenvalue weighted by Crippen LogP contribution is 2.43. The van der Waals surface area contributed by atoms with Gasteiger partial charge in [-0.05, 0) is 101 Å². The normalized spacial score (nSPS) is 11.9. The van der Waals surface area contributed by atoms with E-state index in [4.69, 9.17) is 4.42 Å². The van der Waals surface area contributed by atoms with Crippen LogP contribution in [0.2, 0.25) is 0 Å². The molecule has 0 radical (unpaired) electrons. The van der Waals surface area contributed by atoms with E-state index >= 15 is 0 Å². The number of benzene rings is 9. The van der Waals surface area contributed by atoms with Crippen molar-refractivity contribution in [3.8, 4) is 33.4 Å². The van der Waals surface area contributed by atoms with E-state index in [0.717, 1.165) is 21.9 Å². The molecule has 0 amide bonds. The average Bonchev–Trinajstić information content (AvgIpc) is 3.60. The molecule has 0 saturated heterocycles. The third-order valence-electron chi connectivity index (χ3n) is 13.3. The Morgan fingerprint density at radius 2 is 0.745 bits per heavy atom. The molecule has 1 heterocycles. The minimum Gasteiger partial charge on any atom is -0.456 e. The van der Waals surface area contributed by atoms with Gasteiger partial charge in [-0.1, -0.05) is 119 Å². The van der Waals surface area contributed by atoms with Crippen LogP contribution in [0, 0.1) is 0 Å². The smallest absolute Gasteiger partial charge is 0.139 e. The standard InChI is InChI=1S/C46H36B8O/c47-39-35-33(23-12-9-21(10-13-23)24-15-17-28-25(19-24)14-11-22-5-1-2-6-27(22)28)36-38(42(50)46(54)44(52)40(36)48)34(37(35)41(49)45(53)43(39)51)26-16-18-32-30(20-26)29-7-3-4-8-31(29)55-32/h1-20H,47-54H2. The molecule has 9 heteroatoms. The van der Waals surface area contributed by atoms with Crippen LogP contribution in [0.1, 0.15) is 0 Å². The zero-order valence-corrected chi connectivity index (χ0v) is 33.0. The number of rotatable bonds is 3. The molecule has 1 aromatic heterocycles. The molecule has 10 rings (SSSR count). The molecule has 250 valence electrons. The van der Waals surface area contributed by atoms with Gasteiger partial charge in [-0.3, -0.25) is 0 Å². The highest BCUT2D eigenvalue weighted by Gasteiger charge is 2.25. The molecule has 0 atom stereocenters. The third-order valence-corrected chi connectivity index (χ3v) is 13.3. The van der Waals surface area contributed by atoms with Crippen LogP contribution in [0.4, 0.5) is 0 Å². The molecule has 0 saturated carbocycles. The van der Waals surface area contributed by atoms with Crippen LogP contribution in [0.15, 0.2) is 126 Å². The van der Waals surface area contributed by atoms with E-state index in [1.165, 1.54) is 120 Å². The van der Waals surface area contributed by atoms with E-state index < -0.39 is 0 Å². The Bertz CT molecular complexity index is 3210. The van der Waals surface area contributed by atoms with E-state index in [2.05, 4.69) is 184 Å². The van der Waals surface area contributed by atoms with Crippen LogP contribution < -0.4 is 43.7 Å². The topological polar surface area (TPSA) is 13.1 Å². The Hall–Kier alpha value is -5.66. The molecule has 0 bridgehead atoms. The van der Waals surface area contributed by atoms with E-state index in [0.29, 0.717) is 0 Å². The molecule has 0 aliphatic carbocycles. The largest absolute Gasteiger partial charge is 0.456 e. The highest BCUT2D eigenvalue weighted by atomic mass is 16.3. The summed E-state index contributed by atoms with van der Waals surface area (Å²) in [6, 6.07) is 44.7. The van der Waals surface area contributed by atoms with Crippen molar-refractivity contribution in [1.29, 1.82) is 0 Å². The zero-order chi connectivity index (χ0) is 37.9. The lowest BCUT2D eigenvalue weighted by molar-refractivity contribution is 0.669. The van der Waals surface area contributed by atoms with Gasteiger partial charge in [-0.25, -0.2) is 0 Å². The highest BCUT2D eigenvalue weighted by molar-refractivity contribution is 6.71. The Kier molecular flexibility index (Phi) is 7.66. The first kappa shape index (κ1) is 33.9. The maximum absolute atomic E-state index is 6.33. The molecule has 0 N–H and O–H groups in total. The number of para-hydroxylation sites is 1. The van der Waals surface area contributed by atoms with Crippen LogP contribution in [-0.4, -0.2) is 62.8 Å².